The lowest BCUT2D eigenvalue weighted by molar-refractivity contribution is -0.120. The van der Waals surface area contributed by atoms with Crippen LogP contribution in [0.5, 0.6) is 5.75 Å². The second-order valence-electron chi connectivity index (χ2n) is 8.79. The van der Waals surface area contributed by atoms with E-state index in [-0.39, 0.29) is 6.61 Å². The topological polar surface area (TPSA) is 102 Å². The summed E-state index contributed by atoms with van der Waals surface area (Å²) in [5.74, 6) is 1.30. The van der Waals surface area contributed by atoms with Crippen molar-refractivity contribution in [2.45, 2.75) is 6.54 Å². The van der Waals surface area contributed by atoms with E-state index in [9.17, 15) is 10.1 Å². The number of carbonyl (C=O) groups excluding carboxylic acids is 1. The van der Waals surface area contributed by atoms with Gasteiger partial charge in [-0.25, -0.2) is 0 Å². The highest BCUT2D eigenvalue weighted by molar-refractivity contribution is 5.98. The lowest BCUT2D eigenvalue weighted by atomic mass is 9.98. The molecule has 0 saturated heterocycles. The van der Waals surface area contributed by atoms with E-state index in [4.69, 9.17) is 14.0 Å². The number of anilines is 1. The minimum Gasteiger partial charge on any atom is -0.497 e. The Hall–Kier alpha value is -5.55. The number of amides is 1. The van der Waals surface area contributed by atoms with Gasteiger partial charge in [0.15, 0.2) is 6.61 Å². The molecule has 1 N–H and O–H groups in total. The van der Waals surface area contributed by atoms with E-state index in [1.54, 1.807) is 31.6 Å². The summed E-state index contributed by atoms with van der Waals surface area (Å²) in [5.41, 5.74) is 4.38. The number of nitrogens with one attached hydrogen (secondary N) is 1. The van der Waals surface area contributed by atoms with Crippen molar-refractivity contribution in [3.8, 4) is 34.2 Å². The van der Waals surface area contributed by atoms with Crippen LogP contribution in [-0.2, 0) is 16.2 Å². The van der Waals surface area contributed by atoms with Crippen LogP contribution in [0.25, 0.3) is 22.4 Å². The smallest absolute Gasteiger partial charge is 0.266 e. The third-order valence-corrected chi connectivity index (χ3v) is 6.22. The molecule has 3 aromatic carbocycles. The van der Waals surface area contributed by atoms with E-state index >= 15 is 0 Å². The molecule has 1 amide bonds. The summed E-state index contributed by atoms with van der Waals surface area (Å²) in [5, 5.41) is 17.2. The van der Waals surface area contributed by atoms with Crippen molar-refractivity contribution < 1.29 is 18.8 Å². The van der Waals surface area contributed by atoms with Gasteiger partial charge in [0.1, 0.15) is 29.0 Å². The summed E-state index contributed by atoms with van der Waals surface area (Å²) in [6.07, 6.45) is 3.10. The summed E-state index contributed by atoms with van der Waals surface area (Å²) in [4.78, 5) is 18.3. The standard InChI is InChI=1S/C32H26N4O4/c1-38-26-16-14-23(15-17-26)20-34-40-22-29(37)35-32-28(19-33)30(24-9-4-2-5-10-24)31(25-11-6-3-7-12-25)36(32)21-27-13-8-18-39-27/h2-18,20H,21-22H2,1H3,(H,35,37). The van der Waals surface area contributed by atoms with Crippen LogP contribution in [0.2, 0.25) is 0 Å². The first kappa shape index (κ1) is 26.1. The van der Waals surface area contributed by atoms with Gasteiger partial charge in [0.05, 0.1) is 31.8 Å². The van der Waals surface area contributed by atoms with Gasteiger partial charge in [0, 0.05) is 5.56 Å². The second-order valence-corrected chi connectivity index (χ2v) is 8.79. The summed E-state index contributed by atoms with van der Waals surface area (Å²) in [6.45, 7) is -0.0460. The molecule has 0 saturated carbocycles. The molecule has 0 radical (unpaired) electrons. The Morgan fingerprint density at radius 2 is 1.68 bits per heavy atom. The molecule has 0 aliphatic rings. The Labute approximate surface area is 231 Å². The number of nitrogens with zero attached hydrogens (tertiary/aromatic N) is 3. The molecule has 198 valence electrons. The maximum atomic E-state index is 13.1. The molecule has 8 nitrogen and oxygen atoms in total. The number of benzene rings is 3. The number of oxime groups is 1. The third-order valence-electron chi connectivity index (χ3n) is 6.22. The fourth-order valence-electron chi connectivity index (χ4n) is 4.41. The molecule has 0 aliphatic heterocycles. The van der Waals surface area contributed by atoms with Crippen molar-refractivity contribution in [2.24, 2.45) is 5.16 Å². The Balaban J connectivity index is 1.49. The molecule has 2 heterocycles. The first-order chi connectivity index (χ1) is 19.7. The monoisotopic (exact) mass is 530 g/mol. The molecule has 0 unspecified atom stereocenters. The van der Waals surface area contributed by atoms with Crippen LogP contribution in [0.3, 0.4) is 0 Å². The number of methoxy groups -OCH3 is 1. The number of nitriles is 1. The molecule has 2 aromatic heterocycles. The second kappa shape index (κ2) is 12.3. The third kappa shape index (κ3) is 5.79. The Kier molecular flexibility index (Phi) is 8.04. The van der Waals surface area contributed by atoms with Gasteiger partial charge < -0.3 is 23.9 Å². The lowest BCUT2D eigenvalue weighted by Gasteiger charge is -2.14. The molecule has 8 heteroatoms. The average Bonchev–Trinajstić information content (AvgIpc) is 3.63. The number of carbonyl (C=O) groups is 1. The highest BCUT2D eigenvalue weighted by atomic mass is 16.6. The van der Waals surface area contributed by atoms with E-state index in [1.807, 2.05) is 83.4 Å². The largest absolute Gasteiger partial charge is 0.497 e. The van der Waals surface area contributed by atoms with Crippen molar-refractivity contribution in [2.75, 3.05) is 19.0 Å². The number of furan rings is 1. The molecule has 5 rings (SSSR count). The first-order valence-electron chi connectivity index (χ1n) is 12.6. The zero-order valence-corrected chi connectivity index (χ0v) is 21.8. The molecule has 40 heavy (non-hydrogen) atoms. The van der Waals surface area contributed by atoms with Gasteiger partial charge >= 0.3 is 0 Å². The van der Waals surface area contributed by atoms with Gasteiger partial charge in [-0.3, -0.25) is 4.79 Å². The van der Waals surface area contributed by atoms with Crippen LogP contribution in [0, 0.1) is 11.3 Å². The SMILES string of the molecule is COc1ccc(C=NOCC(=O)Nc2c(C#N)c(-c3ccccc3)c(-c3ccccc3)n2Cc2ccco2)cc1. The van der Waals surface area contributed by atoms with E-state index in [2.05, 4.69) is 16.5 Å². The predicted octanol–water partition coefficient (Wildman–Crippen LogP) is 6.33. The molecule has 5 aromatic rings. The molecule has 0 bridgehead atoms. The summed E-state index contributed by atoms with van der Waals surface area (Å²) in [7, 11) is 1.60. The van der Waals surface area contributed by atoms with Crippen LogP contribution in [0.1, 0.15) is 16.9 Å². The van der Waals surface area contributed by atoms with Crippen molar-refractivity contribution in [3.05, 3.63) is 120 Å². The molecule has 0 spiro atoms. The van der Waals surface area contributed by atoms with Crippen LogP contribution < -0.4 is 10.1 Å². The zero-order valence-electron chi connectivity index (χ0n) is 21.8. The summed E-state index contributed by atoms with van der Waals surface area (Å²) < 4.78 is 12.7. The normalized spacial score (nSPS) is 10.8. The molecular weight excluding hydrogens is 504 g/mol. The minimum atomic E-state index is -0.458. The van der Waals surface area contributed by atoms with Crippen molar-refractivity contribution in [1.29, 1.82) is 5.26 Å². The highest BCUT2D eigenvalue weighted by Gasteiger charge is 2.27. The average molecular weight is 531 g/mol. The molecule has 0 atom stereocenters. The number of aromatic nitrogens is 1. The molecule has 0 aliphatic carbocycles. The highest BCUT2D eigenvalue weighted by Crippen LogP contribution is 2.42. The molecule has 0 fully saturated rings. The minimum absolute atomic E-state index is 0.296. The Morgan fingerprint density at radius 3 is 2.30 bits per heavy atom. The number of hydrogen-bond donors (Lipinski definition) is 1. The fourth-order valence-corrected chi connectivity index (χ4v) is 4.41. The van der Waals surface area contributed by atoms with Gasteiger partial charge in [-0.05, 0) is 53.1 Å². The first-order valence-corrected chi connectivity index (χ1v) is 12.6. The van der Waals surface area contributed by atoms with Crippen molar-refractivity contribution in [3.63, 3.8) is 0 Å². The summed E-state index contributed by atoms with van der Waals surface area (Å²) >= 11 is 0. The van der Waals surface area contributed by atoms with Gasteiger partial charge in [-0.1, -0.05) is 65.8 Å². The Morgan fingerprint density at radius 1 is 0.975 bits per heavy atom. The van der Waals surface area contributed by atoms with Crippen molar-refractivity contribution >= 4 is 17.9 Å². The van der Waals surface area contributed by atoms with E-state index < -0.39 is 5.91 Å². The van der Waals surface area contributed by atoms with Crippen LogP contribution in [0.15, 0.2) is 113 Å². The van der Waals surface area contributed by atoms with Crippen molar-refractivity contribution in [1.82, 2.24) is 4.57 Å². The number of rotatable bonds is 10. The van der Waals surface area contributed by atoms with Crippen LogP contribution in [0.4, 0.5) is 5.82 Å². The van der Waals surface area contributed by atoms with Gasteiger partial charge in [0.25, 0.3) is 5.91 Å². The number of ether oxygens (including phenoxy) is 1. The predicted molar refractivity (Wildman–Crippen MR) is 153 cm³/mol. The summed E-state index contributed by atoms with van der Waals surface area (Å²) in [6, 6.07) is 32.7. The maximum absolute atomic E-state index is 13.1. The van der Waals surface area contributed by atoms with Gasteiger partial charge in [-0.2, -0.15) is 5.26 Å². The quantitative estimate of drug-likeness (QED) is 0.168. The van der Waals surface area contributed by atoms with E-state index in [1.165, 1.54) is 6.21 Å². The number of hydrogen-bond acceptors (Lipinski definition) is 6. The zero-order chi connectivity index (χ0) is 27.7. The fraction of sp³-hybridized carbons (Fsp3) is 0.0938. The van der Waals surface area contributed by atoms with Crippen LogP contribution >= 0.6 is 0 Å². The lowest BCUT2D eigenvalue weighted by Crippen LogP contribution is -2.20. The van der Waals surface area contributed by atoms with Gasteiger partial charge in [-0.15, -0.1) is 0 Å². The Bertz CT molecular complexity index is 1630. The van der Waals surface area contributed by atoms with E-state index in [0.717, 1.165) is 33.7 Å². The van der Waals surface area contributed by atoms with E-state index in [0.29, 0.717) is 23.7 Å². The maximum Gasteiger partial charge on any atom is 0.266 e. The van der Waals surface area contributed by atoms with Crippen LogP contribution in [-0.4, -0.2) is 30.4 Å². The molecular formula is C32H26N4O4. The van der Waals surface area contributed by atoms with Gasteiger partial charge in [0.2, 0.25) is 0 Å².